The molecule has 2 aliphatic rings. The summed E-state index contributed by atoms with van der Waals surface area (Å²) in [6.45, 7) is 1.69. The predicted octanol–water partition coefficient (Wildman–Crippen LogP) is 0.514. The van der Waals surface area contributed by atoms with Gasteiger partial charge in [-0.2, -0.15) is 0 Å². The highest BCUT2D eigenvalue weighted by molar-refractivity contribution is 5.00. The lowest BCUT2D eigenvalue weighted by Gasteiger charge is -2.20. The molecule has 52 valence electrons. The standard InChI is InChI=1S/C7H13NO/c8-7(6-1-2-6)3-4-9-5-7/h6H,1-5,8H2. The van der Waals surface area contributed by atoms with Gasteiger partial charge >= 0.3 is 0 Å². The fourth-order valence-corrected chi connectivity index (χ4v) is 1.58. The van der Waals surface area contributed by atoms with Crippen LogP contribution in [0, 0.1) is 5.92 Å². The van der Waals surface area contributed by atoms with Gasteiger partial charge in [0.15, 0.2) is 0 Å². The first-order chi connectivity index (χ1) is 4.31. The number of ether oxygens (including phenoxy) is 1. The summed E-state index contributed by atoms with van der Waals surface area (Å²) in [7, 11) is 0. The number of rotatable bonds is 1. The molecule has 1 unspecified atom stereocenters. The first-order valence-electron chi connectivity index (χ1n) is 3.68. The molecule has 1 saturated heterocycles. The molecule has 0 spiro atoms. The lowest BCUT2D eigenvalue weighted by molar-refractivity contribution is 0.172. The monoisotopic (exact) mass is 127 g/mol. The maximum atomic E-state index is 6.04. The summed E-state index contributed by atoms with van der Waals surface area (Å²) >= 11 is 0. The van der Waals surface area contributed by atoms with Gasteiger partial charge in [-0.25, -0.2) is 0 Å². The van der Waals surface area contributed by atoms with Crippen molar-refractivity contribution in [3.8, 4) is 0 Å². The molecular formula is C7H13NO. The fraction of sp³-hybridized carbons (Fsp3) is 1.00. The van der Waals surface area contributed by atoms with E-state index in [-0.39, 0.29) is 5.54 Å². The van der Waals surface area contributed by atoms with Crippen molar-refractivity contribution in [2.45, 2.75) is 24.8 Å². The lowest BCUT2D eigenvalue weighted by Crippen LogP contribution is -2.42. The molecule has 1 aliphatic carbocycles. The smallest absolute Gasteiger partial charge is 0.0649 e. The third-order valence-electron chi connectivity index (χ3n) is 2.47. The highest BCUT2D eigenvalue weighted by Gasteiger charge is 2.44. The van der Waals surface area contributed by atoms with Gasteiger partial charge in [0, 0.05) is 12.1 Å². The molecule has 2 nitrogen and oxygen atoms in total. The molecule has 0 aromatic heterocycles. The van der Waals surface area contributed by atoms with Gasteiger partial charge in [-0.15, -0.1) is 0 Å². The second-order valence-electron chi connectivity index (χ2n) is 3.31. The Morgan fingerprint density at radius 3 is 2.67 bits per heavy atom. The van der Waals surface area contributed by atoms with Gasteiger partial charge < -0.3 is 10.5 Å². The Bertz CT molecular complexity index is 114. The molecule has 9 heavy (non-hydrogen) atoms. The number of hydrogen-bond acceptors (Lipinski definition) is 2. The Hall–Kier alpha value is -0.0800. The second-order valence-corrected chi connectivity index (χ2v) is 3.31. The molecule has 2 rings (SSSR count). The van der Waals surface area contributed by atoms with Gasteiger partial charge in [0.25, 0.3) is 0 Å². The minimum atomic E-state index is 0.0833. The Labute approximate surface area is 55.4 Å². The molecule has 2 N–H and O–H groups in total. The van der Waals surface area contributed by atoms with Crippen molar-refractivity contribution >= 4 is 0 Å². The second kappa shape index (κ2) is 1.70. The van der Waals surface area contributed by atoms with Crippen LogP contribution >= 0.6 is 0 Å². The fourth-order valence-electron chi connectivity index (χ4n) is 1.58. The van der Waals surface area contributed by atoms with Gasteiger partial charge in [0.05, 0.1) is 6.61 Å². The van der Waals surface area contributed by atoms with Crippen LogP contribution in [0.25, 0.3) is 0 Å². The van der Waals surface area contributed by atoms with Gasteiger partial charge in [-0.3, -0.25) is 0 Å². The summed E-state index contributed by atoms with van der Waals surface area (Å²) in [6.07, 6.45) is 3.75. The minimum absolute atomic E-state index is 0.0833. The highest BCUT2D eigenvalue weighted by Crippen LogP contribution is 2.41. The van der Waals surface area contributed by atoms with E-state index in [1.165, 1.54) is 12.8 Å². The molecule has 1 aliphatic heterocycles. The first kappa shape index (κ1) is 5.69. The van der Waals surface area contributed by atoms with Crippen molar-refractivity contribution in [3.63, 3.8) is 0 Å². The quantitative estimate of drug-likeness (QED) is 0.557. The van der Waals surface area contributed by atoms with Gasteiger partial charge in [0.1, 0.15) is 0 Å². The van der Waals surface area contributed by atoms with E-state index in [1.807, 2.05) is 0 Å². The predicted molar refractivity (Wildman–Crippen MR) is 35.1 cm³/mol. The summed E-state index contributed by atoms with van der Waals surface area (Å²) in [5, 5.41) is 0. The molecule has 1 atom stereocenters. The summed E-state index contributed by atoms with van der Waals surface area (Å²) in [5.74, 6) is 0.792. The zero-order chi connectivity index (χ0) is 6.32. The van der Waals surface area contributed by atoms with Gasteiger partial charge in [-0.05, 0) is 25.2 Å². The van der Waals surface area contributed by atoms with Crippen LogP contribution in [-0.2, 0) is 4.74 Å². The van der Waals surface area contributed by atoms with Crippen LogP contribution in [-0.4, -0.2) is 18.8 Å². The lowest BCUT2D eigenvalue weighted by atomic mass is 9.94. The topological polar surface area (TPSA) is 35.2 Å². The normalized spacial score (nSPS) is 43.7. The average Bonchev–Trinajstić information content (AvgIpc) is 2.60. The molecule has 0 aromatic carbocycles. The van der Waals surface area contributed by atoms with Crippen LogP contribution in [0.5, 0.6) is 0 Å². The third-order valence-corrected chi connectivity index (χ3v) is 2.47. The average molecular weight is 127 g/mol. The molecule has 0 amide bonds. The molecule has 2 heteroatoms. The van der Waals surface area contributed by atoms with Crippen molar-refractivity contribution in [3.05, 3.63) is 0 Å². The molecule has 2 fully saturated rings. The zero-order valence-electron chi connectivity index (χ0n) is 5.60. The van der Waals surface area contributed by atoms with E-state index >= 15 is 0 Å². The van der Waals surface area contributed by atoms with E-state index in [0.717, 1.165) is 25.6 Å². The summed E-state index contributed by atoms with van der Waals surface area (Å²) in [4.78, 5) is 0. The summed E-state index contributed by atoms with van der Waals surface area (Å²) in [6, 6.07) is 0. The van der Waals surface area contributed by atoms with Crippen LogP contribution in [0.2, 0.25) is 0 Å². The van der Waals surface area contributed by atoms with Crippen LogP contribution in [0.3, 0.4) is 0 Å². The summed E-state index contributed by atoms with van der Waals surface area (Å²) in [5.41, 5.74) is 6.12. The molecule has 1 saturated carbocycles. The van der Waals surface area contributed by atoms with Crippen molar-refractivity contribution in [2.75, 3.05) is 13.2 Å². The Morgan fingerprint density at radius 2 is 2.22 bits per heavy atom. The number of nitrogens with two attached hydrogens (primary N) is 1. The summed E-state index contributed by atoms with van der Waals surface area (Å²) < 4.78 is 5.24. The van der Waals surface area contributed by atoms with E-state index in [2.05, 4.69) is 0 Å². The van der Waals surface area contributed by atoms with Crippen LogP contribution < -0.4 is 5.73 Å². The van der Waals surface area contributed by atoms with Crippen molar-refractivity contribution < 1.29 is 4.74 Å². The first-order valence-corrected chi connectivity index (χ1v) is 3.68. The van der Waals surface area contributed by atoms with E-state index in [0.29, 0.717) is 0 Å². The Kier molecular flexibility index (Phi) is 1.08. The highest BCUT2D eigenvalue weighted by atomic mass is 16.5. The molecule has 1 heterocycles. The third kappa shape index (κ3) is 0.864. The SMILES string of the molecule is NC1(C2CC2)CCOC1. The minimum Gasteiger partial charge on any atom is -0.379 e. The van der Waals surface area contributed by atoms with Crippen LogP contribution in [0.4, 0.5) is 0 Å². The van der Waals surface area contributed by atoms with E-state index in [4.69, 9.17) is 10.5 Å². The Balaban J connectivity index is 2.02. The maximum Gasteiger partial charge on any atom is 0.0649 e. The Morgan fingerprint density at radius 1 is 1.44 bits per heavy atom. The van der Waals surface area contributed by atoms with Crippen molar-refractivity contribution in [1.82, 2.24) is 0 Å². The van der Waals surface area contributed by atoms with E-state index in [1.54, 1.807) is 0 Å². The maximum absolute atomic E-state index is 6.04. The van der Waals surface area contributed by atoms with Gasteiger partial charge in [0.2, 0.25) is 0 Å². The molecule has 0 radical (unpaired) electrons. The van der Waals surface area contributed by atoms with E-state index < -0.39 is 0 Å². The zero-order valence-corrected chi connectivity index (χ0v) is 5.60. The van der Waals surface area contributed by atoms with Crippen LogP contribution in [0.15, 0.2) is 0 Å². The number of hydrogen-bond donors (Lipinski definition) is 1. The van der Waals surface area contributed by atoms with Crippen molar-refractivity contribution in [2.24, 2.45) is 11.7 Å². The molecule has 0 bridgehead atoms. The molecule has 0 aromatic rings. The van der Waals surface area contributed by atoms with E-state index in [9.17, 15) is 0 Å². The van der Waals surface area contributed by atoms with Gasteiger partial charge in [-0.1, -0.05) is 0 Å². The van der Waals surface area contributed by atoms with Crippen molar-refractivity contribution in [1.29, 1.82) is 0 Å². The molecular weight excluding hydrogens is 114 g/mol. The largest absolute Gasteiger partial charge is 0.379 e. The van der Waals surface area contributed by atoms with Crippen LogP contribution in [0.1, 0.15) is 19.3 Å².